The number of hydrogen-bond acceptors (Lipinski definition) is 4. The number of hydrogen-bond donors (Lipinski definition) is 0. The maximum atomic E-state index is 12.9. The van der Waals surface area contributed by atoms with Gasteiger partial charge in [-0.1, -0.05) is 36.4 Å². The van der Waals surface area contributed by atoms with Gasteiger partial charge in [-0.15, -0.1) is 0 Å². The van der Waals surface area contributed by atoms with E-state index in [0.717, 1.165) is 5.56 Å². The van der Waals surface area contributed by atoms with Crippen molar-refractivity contribution in [1.82, 2.24) is 0 Å². The van der Waals surface area contributed by atoms with Crippen LogP contribution >= 0.6 is 0 Å². The van der Waals surface area contributed by atoms with Gasteiger partial charge in [0.2, 0.25) is 5.79 Å². The van der Waals surface area contributed by atoms with Gasteiger partial charge < -0.3 is 9.47 Å². The number of Topliss-reactive ketones (excluding diaryl/α,β-unsaturated/α-hetero) is 2. The first kappa shape index (κ1) is 15.1. The molecule has 3 aliphatic carbocycles. The van der Waals surface area contributed by atoms with Crippen molar-refractivity contribution in [2.45, 2.75) is 25.0 Å². The fraction of sp³-hybridized carbons (Fsp3) is 0.444. The van der Waals surface area contributed by atoms with Gasteiger partial charge in [0.25, 0.3) is 0 Å². The standard InChI is InChI=1S/C18H20O4/c1-11(19)13-9-15-14(12-7-5-4-6-8-12)10-16(13)18(21-2,22-3)17(15)20/h4-9,14-16H,10H2,1-3H3/t14-,15+,16+/m1/s1. The van der Waals surface area contributed by atoms with Gasteiger partial charge in [-0.3, -0.25) is 9.59 Å². The van der Waals surface area contributed by atoms with Crippen LogP contribution in [-0.2, 0) is 19.1 Å². The topological polar surface area (TPSA) is 52.6 Å². The van der Waals surface area contributed by atoms with Crippen molar-refractivity contribution in [2.75, 3.05) is 14.2 Å². The highest BCUT2D eigenvalue weighted by molar-refractivity contribution is 6.02. The second kappa shape index (κ2) is 5.45. The Hall–Kier alpha value is -1.78. The van der Waals surface area contributed by atoms with Crippen LogP contribution in [0.1, 0.15) is 24.8 Å². The van der Waals surface area contributed by atoms with Crippen molar-refractivity contribution in [1.29, 1.82) is 0 Å². The van der Waals surface area contributed by atoms with Crippen LogP contribution in [0, 0.1) is 11.8 Å². The first-order valence-electron chi connectivity index (χ1n) is 7.47. The molecule has 2 bridgehead atoms. The summed E-state index contributed by atoms with van der Waals surface area (Å²) in [5, 5.41) is 0. The molecule has 0 aliphatic heterocycles. The number of methoxy groups -OCH3 is 2. The fourth-order valence-corrected chi connectivity index (χ4v) is 3.95. The van der Waals surface area contributed by atoms with Crippen LogP contribution < -0.4 is 0 Å². The summed E-state index contributed by atoms with van der Waals surface area (Å²) in [6.45, 7) is 1.53. The van der Waals surface area contributed by atoms with E-state index in [9.17, 15) is 9.59 Å². The van der Waals surface area contributed by atoms with E-state index >= 15 is 0 Å². The Morgan fingerprint density at radius 1 is 1.18 bits per heavy atom. The zero-order valence-corrected chi connectivity index (χ0v) is 13.0. The maximum Gasteiger partial charge on any atom is 0.236 e. The van der Waals surface area contributed by atoms with Crippen LogP contribution in [0.25, 0.3) is 0 Å². The molecule has 116 valence electrons. The molecular formula is C18H20O4. The number of ether oxygens (including phenoxy) is 2. The number of ketones is 2. The first-order valence-corrected chi connectivity index (χ1v) is 7.47. The van der Waals surface area contributed by atoms with Crippen molar-refractivity contribution in [3.8, 4) is 0 Å². The molecule has 0 saturated heterocycles. The van der Waals surface area contributed by atoms with E-state index in [-0.39, 0.29) is 29.3 Å². The molecule has 3 atom stereocenters. The zero-order chi connectivity index (χ0) is 15.9. The minimum absolute atomic E-state index is 0.0208. The largest absolute Gasteiger partial charge is 0.346 e. The molecule has 0 heterocycles. The van der Waals surface area contributed by atoms with Crippen LogP contribution in [-0.4, -0.2) is 31.6 Å². The quantitative estimate of drug-likeness (QED) is 0.802. The van der Waals surface area contributed by atoms with Gasteiger partial charge in [-0.05, 0) is 24.8 Å². The zero-order valence-electron chi connectivity index (χ0n) is 13.0. The molecule has 3 aliphatic rings. The molecule has 0 unspecified atom stereocenters. The highest BCUT2D eigenvalue weighted by Crippen LogP contribution is 2.53. The molecule has 0 N–H and O–H groups in total. The lowest BCUT2D eigenvalue weighted by atomic mass is 9.59. The van der Waals surface area contributed by atoms with Gasteiger partial charge >= 0.3 is 0 Å². The van der Waals surface area contributed by atoms with Crippen molar-refractivity contribution < 1.29 is 19.1 Å². The summed E-state index contributed by atoms with van der Waals surface area (Å²) in [5.74, 6) is -2.11. The summed E-state index contributed by atoms with van der Waals surface area (Å²) in [5.41, 5.74) is 1.77. The Labute approximate surface area is 130 Å². The monoisotopic (exact) mass is 300 g/mol. The highest BCUT2D eigenvalue weighted by atomic mass is 16.7. The van der Waals surface area contributed by atoms with Gasteiger partial charge in [0, 0.05) is 31.6 Å². The highest BCUT2D eigenvalue weighted by Gasteiger charge is 2.60. The van der Waals surface area contributed by atoms with Crippen molar-refractivity contribution >= 4 is 11.6 Å². The SMILES string of the molecule is COC1(OC)C(=O)[C@H]2C=C(C(C)=O)[C@@H]1C[C@@H]2c1ccccc1. The lowest BCUT2D eigenvalue weighted by Crippen LogP contribution is -2.60. The van der Waals surface area contributed by atoms with Crippen LogP contribution in [0.2, 0.25) is 0 Å². The van der Waals surface area contributed by atoms with Crippen molar-refractivity contribution in [2.24, 2.45) is 11.8 Å². The van der Waals surface area contributed by atoms with Crippen LogP contribution in [0.3, 0.4) is 0 Å². The Kier molecular flexibility index (Phi) is 3.75. The minimum atomic E-state index is -1.33. The second-order valence-electron chi connectivity index (χ2n) is 5.95. The van der Waals surface area contributed by atoms with E-state index in [0.29, 0.717) is 12.0 Å². The molecule has 1 aromatic carbocycles. The van der Waals surface area contributed by atoms with Crippen LogP contribution in [0.5, 0.6) is 0 Å². The lowest BCUT2D eigenvalue weighted by molar-refractivity contribution is -0.239. The second-order valence-corrected chi connectivity index (χ2v) is 5.95. The Bertz CT molecular complexity index is 628. The van der Waals surface area contributed by atoms with E-state index < -0.39 is 5.79 Å². The molecule has 22 heavy (non-hydrogen) atoms. The molecule has 1 aromatic rings. The van der Waals surface area contributed by atoms with E-state index in [2.05, 4.69) is 0 Å². The van der Waals surface area contributed by atoms with E-state index in [4.69, 9.17) is 9.47 Å². The molecule has 4 heteroatoms. The average molecular weight is 300 g/mol. The number of fused-ring (bicyclic) bond motifs is 2. The van der Waals surface area contributed by atoms with Gasteiger partial charge in [-0.25, -0.2) is 0 Å². The molecule has 0 spiro atoms. The average Bonchev–Trinajstić information content (AvgIpc) is 2.56. The molecular weight excluding hydrogens is 280 g/mol. The molecule has 1 fully saturated rings. The summed E-state index contributed by atoms with van der Waals surface area (Å²) in [6, 6.07) is 9.95. The summed E-state index contributed by atoms with van der Waals surface area (Å²) in [4.78, 5) is 24.9. The molecule has 1 saturated carbocycles. The third-order valence-corrected chi connectivity index (χ3v) is 5.00. The van der Waals surface area contributed by atoms with Gasteiger partial charge in [-0.2, -0.15) is 0 Å². The molecule has 0 amide bonds. The third-order valence-electron chi connectivity index (χ3n) is 5.00. The Balaban J connectivity index is 2.09. The van der Waals surface area contributed by atoms with E-state index in [1.54, 1.807) is 0 Å². The summed E-state index contributed by atoms with van der Waals surface area (Å²) in [7, 11) is 2.94. The van der Waals surface area contributed by atoms with Crippen molar-refractivity contribution in [3.05, 3.63) is 47.5 Å². The van der Waals surface area contributed by atoms with E-state index in [1.165, 1.54) is 21.1 Å². The van der Waals surface area contributed by atoms with Gasteiger partial charge in [0.05, 0.1) is 0 Å². The van der Waals surface area contributed by atoms with Crippen molar-refractivity contribution in [3.63, 3.8) is 0 Å². The van der Waals surface area contributed by atoms with Gasteiger partial charge in [0.15, 0.2) is 11.6 Å². The van der Waals surface area contributed by atoms with Gasteiger partial charge in [0.1, 0.15) is 0 Å². The Morgan fingerprint density at radius 3 is 2.36 bits per heavy atom. The molecule has 0 aromatic heterocycles. The lowest BCUT2D eigenvalue weighted by Gasteiger charge is -2.50. The summed E-state index contributed by atoms with van der Waals surface area (Å²) < 4.78 is 10.9. The third kappa shape index (κ3) is 1.98. The number of benzene rings is 1. The number of rotatable bonds is 4. The summed E-state index contributed by atoms with van der Waals surface area (Å²) >= 11 is 0. The van der Waals surface area contributed by atoms with Crippen LogP contribution in [0.15, 0.2) is 42.0 Å². The number of carbonyl (C=O) groups is 2. The van der Waals surface area contributed by atoms with E-state index in [1.807, 2.05) is 36.4 Å². The fourth-order valence-electron chi connectivity index (χ4n) is 3.95. The molecule has 4 nitrogen and oxygen atoms in total. The first-order chi connectivity index (χ1) is 10.5. The number of allylic oxidation sites excluding steroid dienone is 1. The normalized spacial score (nSPS) is 29.3. The smallest absolute Gasteiger partial charge is 0.236 e. The molecule has 0 radical (unpaired) electrons. The summed E-state index contributed by atoms with van der Waals surface area (Å²) in [6.07, 6.45) is 2.50. The molecule has 4 rings (SSSR count). The number of carbonyl (C=O) groups excluding carboxylic acids is 2. The Morgan fingerprint density at radius 2 is 1.82 bits per heavy atom. The maximum absolute atomic E-state index is 12.9. The predicted octanol–water partition coefficient (Wildman–Crippen LogP) is 2.49. The minimum Gasteiger partial charge on any atom is -0.346 e. The van der Waals surface area contributed by atoms with Crippen LogP contribution in [0.4, 0.5) is 0 Å². The predicted molar refractivity (Wildman–Crippen MR) is 81.3 cm³/mol.